The van der Waals surface area contributed by atoms with Crippen LogP contribution in [0.1, 0.15) is 12.5 Å². The van der Waals surface area contributed by atoms with Gasteiger partial charge in [0.15, 0.2) is 0 Å². The summed E-state index contributed by atoms with van der Waals surface area (Å²) >= 11 is 0. The third-order valence-electron chi connectivity index (χ3n) is 3.17. The lowest BCUT2D eigenvalue weighted by Crippen LogP contribution is -2.45. The van der Waals surface area contributed by atoms with Gasteiger partial charge in [-0.3, -0.25) is 0 Å². The summed E-state index contributed by atoms with van der Waals surface area (Å²) in [6.07, 6.45) is 3.69. The summed E-state index contributed by atoms with van der Waals surface area (Å²) in [6, 6.07) is 10.1. The number of rotatable bonds is 7. The van der Waals surface area contributed by atoms with Gasteiger partial charge in [0, 0.05) is 32.0 Å². The van der Waals surface area contributed by atoms with E-state index in [0.717, 1.165) is 12.2 Å². The smallest absolute Gasteiger partial charge is 0.0869 e. The topological polar surface area (TPSA) is 53.3 Å². The van der Waals surface area contributed by atoms with Gasteiger partial charge >= 0.3 is 0 Å². The van der Waals surface area contributed by atoms with E-state index < -0.39 is 5.60 Å². The van der Waals surface area contributed by atoms with Crippen LogP contribution in [0.5, 0.6) is 0 Å². The maximum Gasteiger partial charge on any atom is 0.0869 e. The molecule has 2 rings (SSSR count). The molecule has 0 amide bonds. The van der Waals surface area contributed by atoms with Crippen molar-refractivity contribution in [3.63, 3.8) is 0 Å². The minimum atomic E-state index is -0.733. The van der Waals surface area contributed by atoms with Gasteiger partial charge in [0.05, 0.1) is 11.3 Å². The molecule has 5 heteroatoms. The van der Waals surface area contributed by atoms with E-state index in [0.29, 0.717) is 13.1 Å². The molecule has 1 aromatic heterocycles. The molecular weight excluding hydrogens is 264 g/mol. The Morgan fingerprint density at radius 3 is 2.81 bits per heavy atom. The van der Waals surface area contributed by atoms with Crippen molar-refractivity contribution in [3.8, 4) is 5.69 Å². The van der Waals surface area contributed by atoms with Crippen LogP contribution in [0.3, 0.4) is 0 Å². The van der Waals surface area contributed by atoms with Crippen LogP contribution >= 0.6 is 0 Å². The Labute approximate surface area is 126 Å². The van der Waals surface area contributed by atoms with Crippen molar-refractivity contribution in [2.24, 2.45) is 0 Å². The fraction of sp³-hybridized carbons (Fsp3) is 0.438. The zero-order chi connectivity index (χ0) is 15.3. The van der Waals surface area contributed by atoms with Gasteiger partial charge in [-0.05, 0) is 44.8 Å². The van der Waals surface area contributed by atoms with Crippen LogP contribution in [-0.4, -0.2) is 52.6 Å². The highest BCUT2D eigenvalue weighted by Crippen LogP contribution is 2.10. The second-order valence-corrected chi connectivity index (χ2v) is 5.96. The van der Waals surface area contributed by atoms with E-state index in [1.54, 1.807) is 6.20 Å². The number of nitrogens with zero attached hydrogens (tertiary/aromatic N) is 3. The van der Waals surface area contributed by atoms with Crippen molar-refractivity contribution >= 4 is 0 Å². The highest BCUT2D eigenvalue weighted by molar-refractivity contribution is 5.34. The molecule has 2 aromatic rings. The van der Waals surface area contributed by atoms with Crippen LogP contribution in [-0.2, 0) is 6.54 Å². The summed E-state index contributed by atoms with van der Waals surface area (Å²) in [7, 11) is 3.92. The van der Waals surface area contributed by atoms with E-state index in [1.807, 2.05) is 55.0 Å². The number of hydrogen-bond acceptors (Lipinski definition) is 4. The average molecular weight is 288 g/mol. The van der Waals surface area contributed by atoms with Crippen LogP contribution in [0, 0.1) is 0 Å². The molecule has 1 unspecified atom stereocenters. The van der Waals surface area contributed by atoms with Crippen molar-refractivity contribution in [1.82, 2.24) is 20.0 Å². The van der Waals surface area contributed by atoms with E-state index in [-0.39, 0.29) is 0 Å². The molecule has 0 aliphatic carbocycles. The summed E-state index contributed by atoms with van der Waals surface area (Å²) in [4.78, 5) is 1.99. The van der Waals surface area contributed by atoms with E-state index in [1.165, 1.54) is 5.56 Å². The van der Waals surface area contributed by atoms with Crippen molar-refractivity contribution in [2.75, 3.05) is 27.2 Å². The summed E-state index contributed by atoms with van der Waals surface area (Å²) in [5.74, 6) is 0. The molecule has 0 saturated carbocycles. The van der Waals surface area contributed by atoms with Gasteiger partial charge in [0.25, 0.3) is 0 Å². The van der Waals surface area contributed by atoms with E-state index in [4.69, 9.17) is 0 Å². The SMILES string of the molecule is CN(C)CC(C)(O)CNCc1cccc(-n2cccn2)c1. The summed E-state index contributed by atoms with van der Waals surface area (Å²) in [6.45, 7) is 3.75. The molecule has 0 spiro atoms. The zero-order valence-corrected chi connectivity index (χ0v) is 13.0. The third kappa shape index (κ3) is 4.97. The number of aromatic nitrogens is 2. The zero-order valence-electron chi connectivity index (χ0n) is 13.0. The van der Waals surface area contributed by atoms with Gasteiger partial charge < -0.3 is 15.3 Å². The largest absolute Gasteiger partial charge is 0.388 e. The summed E-state index contributed by atoms with van der Waals surface area (Å²) in [5.41, 5.74) is 1.48. The average Bonchev–Trinajstić information content (AvgIpc) is 2.91. The highest BCUT2D eigenvalue weighted by atomic mass is 16.3. The lowest BCUT2D eigenvalue weighted by atomic mass is 10.1. The Hall–Kier alpha value is -1.69. The first-order chi connectivity index (χ1) is 9.96. The Kier molecular flexibility index (Phi) is 5.12. The maximum atomic E-state index is 10.2. The lowest BCUT2D eigenvalue weighted by molar-refractivity contribution is 0.0336. The molecule has 21 heavy (non-hydrogen) atoms. The van der Waals surface area contributed by atoms with Gasteiger partial charge in [0.1, 0.15) is 0 Å². The minimum absolute atomic E-state index is 0.553. The molecule has 0 fully saturated rings. The summed E-state index contributed by atoms with van der Waals surface area (Å²) < 4.78 is 1.84. The Morgan fingerprint density at radius 1 is 1.33 bits per heavy atom. The predicted molar refractivity (Wildman–Crippen MR) is 84.4 cm³/mol. The van der Waals surface area contributed by atoms with Crippen LogP contribution in [0.15, 0.2) is 42.7 Å². The van der Waals surface area contributed by atoms with E-state index in [9.17, 15) is 5.11 Å². The molecule has 1 heterocycles. The normalized spacial score (nSPS) is 14.3. The minimum Gasteiger partial charge on any atom is -0.388 e. The Bertz CT molecular complexity index is 549. The van der Waals surface area contributed by atoms with Gasteiger partial charge in [0.2, 0.25) is 0 Å². The van der Waals surface area contributed by atoms with Gasteiger partial charge in [-0.1, -0.05) is 12.1 Å². The third-order valence-corrected chi connectivity index (χ3v) is 3.17. The maximum absolute atomic E-state index is 10.2. The molecule has 0 bridgehead atoms. The molecule has 1 aromatic carbocycles. The number of aliphatic hydroxyl groups is 1. The number of nitrogens with one attached hydrogen (secondary N) is 1. The first-order valence-corrected chi connectivity index (χ1v) is 7.13. The van der Waals surface area contributed by atoms with Gasteiger partial charge in [-0.15, -0.1) is 0 Å². The fourth-order valence-corrected chi connectivity index (χ4v) is 2.44. The Balaban J connectivity index is 1.91. The molecular formula is C16H24N4O. The van der Waals surface area contributed by atoms with Gasteiger partial charge in [-0.2, -0.15) is 5.10 Å². The predicted octanol–water partition coefficient (Wildman–Crippen LogP) is 1.27. The van der Waals surface area contributed by atoms with Crippen LogP contribution in [0.4, 0.5) is 0 Å². The van der Waals surface area contributed by atoms with Crippen LogP contribution in [0.25, 0.3) is 5.69 Å². The molecule has 0 saturated heterocycles. The highest BCUT2D eigenvalue weighted by Gasteiger charge is 2.20. The molecule has 2 N–H and O–H groups in total. The second kappa shape index (κ2) is 6.85. The lowest BCUT2D eigenvalue weighted by Gasteiger charge is -2.27. The van der Waals surface area contributed by atoms with Crippen molar-refractivity contribution in [2.45, 2.75) is 19.1 Å². The van der Waals surface area contributed by atoms with Crippen molar-refractivity contribution in [3.05, 3.63) is 48.3 Å². The molecule has 0 aliphatic rings. The first-order valence-electron chi connectivity index (χ1n) is 7.13. The van der Waals surface area contributed by atoms with Gasteiger partial charge in [-0.25, -0.2) is 4.68 Å². The standard InChI is InChI=1S/C16H24N4O/c1-16(21,13-19(2)3)12-17-11-14-6-4-7-15(10-14)20-9-5-8-18-20/h4-10,17,21H,11-13H2,1-3H3. The molecule has 0 radical (unpaired) electrons. The van der Waals surface area contributed by atoms with Crippen LogP contribution < -0.4 is 5.32 Å². The second-order valence-electron chi connectivity index (χ2n) is 5.96. The molecule has 5 nitrogen and oxygen atoms in total. The molecule has 0 aliphatic heterocycles. The van der Waals surface area contributed by atoms with Crippen molar-refractivity contribution < 1.29 is 5.11 Å². The fourth-order valence-electron chi connectivity index (χ4n) is 2.44. The van der Waals surface area contributed by atoms with Crippen LogP contribution in [0.2, 0.25) is 0 Å². The first kappa shape index (κ1) is 15.7. The van der Waals surface area contributed by atoms with Crippen molar-refractivity contribution in [1.29, 1.82) is 0 Å². The summed E-state index contributed by atoms with van der Waals surface area (Å²) in [5, 5.41) is 17.8. The molecule has 1 atom stereocenters. The number of likely N-dealkylation sites (N-methyl/N-ethyl adjacent to an activating group) is 1. The van der Waals surface area contributed by atoms with E-state index >= 15 is 0 Å². The Morgan fingerprint density at radius 2 is 2.14 bits per heavy atom. The number of benzene rings is 1. The monoisotopic (exact) mass is 288 g/mol. The molecule has 114 valence electrons. The van der Waals surface area contributed by atoms with E-state index in [2.05, 4.69) is 22.5 Å². The quantitative estimate of drug-likeness (QED) is 0.806. The number of hydrogen-bond donors (Lipinski definition) is 2.